The molecule has 5 heteroatoms. The lowest BCUT2D eigenvalue weighted by atomic mass is 10.0. The van der Waals surface area contributed by atoms with Crippen LogP contribution in [-0.4, -0.2) is 29.0 Å². The molecule has 1 aromatic rings. The van der Waals surface area contributed by atoms with Crippen molar-refractivity contribution < 1.29 is 14.4 Å². The van der Waals surface area contributed by atoms with Crippen LogP contribution in [-0.2, 0) is 17.4 Å². The van der Waals surface area contributed by atoms with Crippen molar-refractivity contribution in [3.63, 3.8) is 0 Å². The van der Waals surface area contributed by atoms with Crippen LogP contribution in [0.5, 0.6) is 0 Å². The van der Waals surface area contributed by atoms with Gasteiger partial charge in [0.15, 0.2) is 0 Å². The van der Waals surface area contributed by atoms with E-state index >= 15 is 0 Å². The molecule has 4 nitrogen and oxygen atoms in total. The standard InChI is InChI=1S/C19H34NO3P/c1-2-3-4-5-6-9-18-11-13-19(14-12-18)10-7-15-20-16-8-17-24(21,22)23/h11-14,20H,2-10,15-17H2,1H3,(H2,21,22,23). The fourth-order valence-corrected chi connectivity index (χ4v) is 3.33. The molecule has 0 bridgehead atoms. The van der Waals surface area contributed by atoms with Gasteiger partial charge in [0.1, 0.15) is 0 Å². The first-order valence-corrected chi connectivity index (χ1v) is 11.1. The van der Waals surface area contributed by atoms with Crippen LogP contribution in [0.25, 0.3) is 0 Å². The number of aryl methyl sites for hydroxylation is 2. The van der Waals surface area contributed by atoms with Gasteiger partial charge in [-0.1, -0.05) is 56.9 Å². The van der Waals surface area contributed by atoms with Crippen molar-refractivity contribution in [2.24, 2.45) is 0 Å². The lowest BCUT2D eigenvalue weighted by Gasteiger charge is -2.07. The quantitative estimate of drug-likeness (QED) is 0.344. The summed E-state index contributed by atoms with van der Waals surface area (Å²) in [7, 11) is -3.83. The van der Waals surface area contributed by atoms with E-state index in [1.54, 1.807) is 0 Å². The van der Waals surface area contributed by atoms with Crippen LogP contribution in [0.4, 0.5) is 0 Å². The van der Waals surface area contributed by atoms with E-state index in [1.165, 1.54) is 49.7 Å². The normalized spacial score (nSPS) is 11.8. The number of hydrogen-bond acceptors (Lipinski definition) is 2. The van der Waals surface area contributed by atoms with E-state index in [2.05, 4.69) is 36.5 Å². The highest BCUT2D eigenvalue weighted by Crippen LogP contribution is 2.34. The molecule has 0 radical (unpaired) electrons. The van der Waals surface area contributed by atoms with Crippen LogP contribution >= 0.6 is 7.60 Å². The van der Waals surface area contributed by atoms with Gasteiger partial charge in [0.25, 0.3) is 0 Å². The monoisotopic (exact) mass is 355 g/mol. The van der Waals surface area contributed by atoms with E-state index in [9.17, 15) is 4.57 Å². The van der Waals surface area contributed by atoms with E-state index in [-0.39, 0.29) is 6.16 Å². The minimum Gasteiger partial charge on any atom is -0.324 e. The molecule has 0 heterocycles. The Kier molecular flexibility index (Phi) is 11.3. The Morgan fingerprint density at radius 3 is 1.96 bits per heavy atom. The van der Waals surface area contributed by atoms with E-state index in [0.29, 0.717) is 13.0 Å². The van der Waals surface area contributed by atoms with Crippen LogP contribution in [0.1, 0.15) is 63.0 Å². The third-order valence-electron chi connectivity index (χ3n) is 4.21. The van der Waals surface area contributed by atoms with E-state index in [4.69, 9.17) is 9.79 Å². The first kappa shape index (κ1) is 21.4. The molecule has 0 fully saturated rings. The summed E-state index contributed by atoms with van der Waals surface area (Å²) in [6.45, 7) is 3.80. The van der Waals surface area contributed by atoms with Gasteiger partial charge < -0.3 is 15.1 Å². The third-order valence-corrected chi connectivity index (χ3v) is 5.11. The maximum atomic E-state index is 10.7. The zero-order valence-corrected chi connectivity index (χ0v) is 15.9. The maximum absolute atomic E-state index is 10.7. The van der Waals surface area contributed by atoms with Gasteiger partial charge in [-0.15, -0.1) is 0 Å². The smallest absolute Gasteiger partial charge is 0.324 e. The van der Waals surface area contributed by atoms with Crippen LogP contribution in [0.3, 0.4) is 0 Å². The van der Waals surface area contributed by atoms with Gasteiger partial charge in [-0.2, -0.15) is 0 Å². The topological polar surface area (TPSA) is 69.6 Å². The molecule has 0 unspecified atom stereocenters. The zero-order valence-electron chi connectivity index (χ0n) is 15.0. The lowest BCUT2D eigenvalue weighted by molar-refractivity contribution is 0.371. The number of nitrogens with one attached hydrogen (secondary N) is 1. The van der Waals surface area contributed by atoms with Gasteiger partial charge >= 0.3 is 7.60 Å². The Morgan fingerprint density at radius 1 is 0.833 bits per heavy atom. The molecule has 0 aliphatic carbocycles. The summed E-state index contributed by atoms with van der Waals surface area (Å²) in [5.74, 6) is 0. The van der Waals surface area contributed by atoms with Gasteiger partial charge in [-0.25, -0.2) is 0 Å². The molecule has 0 amide bonds. The van der Waals surface area contributed by atoms with Crippen molar-refractivity contribution in [2.75, 3.05) is 19.3 Å². The largest absolute Gasteiger partial charge is 0.325 e. The molecule has 1 rings (SSSR count). The molecular formula is C19H34NO3P. The molecule has 0 atom stereocenters. The van der Waals surface area contributed by atoms with Crippen molar-refractivity contribution in [2.45, 2.75) is 64.7 Å². The Bertz CT molecular complexity index is 470. The fourth-order valence-electron chi connectivity index (χ4n) is 2.76. The zero-order chi connectivity index (χ0) is 17.7. The summed E-state index contributed by atoms with van der Waals surface area (Å²) < 4.78 is 10.7. The highest BCUT2D eigenvalue weighted by molar-refractivity contribution is 7.51. The van der Waals surface area contributed by atoms with E-state index in [1.807, 2.05) is 0 Å². The summed E-state index contributed by atoms with van der Waals surface area (Å²) in [6, 6.07) is 8.97. The summed E-state index contributed by atoms with van der Waals surface area (Å²) in [4.78, 5) is 17.5. The summed E-state index contributed by atoms with van der Waals surface area (Å²) >= 11 is 0. The van der Waals surface area contributed by atoms with Gasteiger partial charge in [0, 0.05) is 0 Å². The summed E-state index contributed by atoms with van der Waals surface area (Å²) in [6.07, 6.45) is 10.4. The highest BCUT2D eigenvalue weighted by Gasteiger charge is 2.10. The van der Waals surface area contributed by atoms with Crippen molar-refractivity contribution >= 4 is 7.60 Å². The minimum atomic E-state index is -3.83. The Labute approximate surface area is 147 Å². The highest BCUT2D eigenvalue weighted by atomic mass is 31.2. The fraction of sp³-hybridized carbons (Fsp3) is 0.684. The lowest BCUT2D eigenvalue weighted by Crippen LogP contribution is -2.18. The minimum absolute atomic E-state index is 0.0279. The van der Waals surface area contributed by atoms with Crippen LogP contribution in [0, 0.1) is 0 Å². The van der Waals surface area contributed by atoms with Crippen molar-refractivity contribution in [3.8, 4) is 0 Å². The van der Waals surface area contributed by atoms with Gasteiger partial charge in [0.05, 0.1) is 6.16 Å². The summed E-state index contributed by atoms with van der Waals surface area (Å²) in [5.41, 5.74) is 2.80. The number of unbranched alkanes of at least 4 members (excludes halogenated alkanes) is 4. The average molecular weight is 355 g/mol. The molecule has 0 spiro atoms. The first-order chi connectivity index (χ1) is 11.5. The molecule has 0 saturated carbocycles. The predicted molar refractivity (Wildman–Crippen MR) is 102 cm³/mol. The second kappa shape index (κ2) is 12.7. The first-order valence-electron chi connectivity index (χ1n) is 9.34. The van der Waals surface area contributed by atoms with E-state index < -0.39 is 7.60 Å². The Balaban J connectivity index is 2.06. The molecule has 0 aliphatic rings. The molecule has 1 aromatic carbocycles. The van der Waals surface area contributed by atoms with Gasteiger partial charge in [-0.05, 0) is 56.3 Å². The number of hydrogen-bond donors (Lipinski definition) is 3. The third kappa shape index (κ3) is 11.8. The molecule has 138 valence electrons. The Hall–Kier alpha value is -0.670. The molecule has 0 saturated heterocycles. The second-order valence-electron chi connectivity index (χ2n) is 6.58. The molecule has 0 aliphatic heterocycles. The molecular weight excluding hydrogens is 321 g/mol. The molecule has 24 heavy (non-hydrogen) atoms. The summed E-state index contributed by atoms with van der Waals surface area (Å²) in [5, 5.41) is 3.24. The van der Waals surface area contributed by atoms with Crippen molar-refractivity contribution in [1.29, 1.82) is 0 Å². The number of rotatable bonds is 14. The van der Waals surface area contributed by atoms with Crippen LogP contribution < -0.4 is 5.32 Å². The molecule has 3 N–H and O–H groups in total. The molecule has 0 aromatic heterocycles. The average Bonchev–Trinajstić information content (AvgIpc) is 2.54. The van der Waals surface area contributed by atoms with Crippen LogP contribution in [0.2, 0.25) is 0 Å². The maximum Gasteiger partial charge on any atom is 0.325 e. The SMILES string of the molecule is CCCCCCCc1ccc(CCCNCCCP(=O)(O)O)cc1. The van der Waals surface area contributed by atoms with E-state index in [0.717, 1.165) is 19.4 Å². The Morgan fingerprint density at radius 2 is 1.38 bits per heavy atom. The second-order valence-corrected chi connectivity index (χ2v) is 8.35. The van der Waals surface area contributed by atoms with Gasteiger partial charge in [0.2, 0.25) is 0 Å². The van der Waals surface area contributed by atoms with Crippen LogP contribution in [0.15, 0.2) is 24.3 Å². The predicted octanol–water partition coefficient (Wildman–Crippen LogP) is 4.29. The number of benzene rings is 1. The van der Waals surface area contributed by atoms with Gasteiger partial charge in [-0.3, -0.25) is 4.57 Å². The van der Waals surface area contributed by atoms with Crippen molar-refractivity contribution in [3.05, 3.63) is 35.4 Å². The van der Waals surface area contributed by atoms with Crippen molar-refractivity contribution in [1.82, 2.24) is 5.32 Å².